The van der Waals surface area contributed by atoms with Crippen molar-refractivity contribution in [3.05, 3.63) is 23.0 Å². The molecule has 3 fully saturated rings. The predicted octanol–water partition coefficient (Wildman–Crippen LogP) is 6.13. The Hall–Kier alpha value is -2.12. The summed E-state index contributed by atoms with van der Waals surface area (Å²) < 4.78 is 43.2. The third-order valence-electron chi connectivity index (χ3n) is 7.71. The molecular formula is C25H33F3N4O. The molecule has 3 saturated carbocycles. The SMILES string of the molecule is Cc1nn(CC(=O)N(C2CCCCC2)C2CCCCC2)c2nc(C3CC3)cc(C(F)(F)F)c12. The topological polar surface area (TPSA) is 51.0 Å². The lowest BCUT2D eigenvalue weighted by molar-refractivity contribution is -0.139. The van der Waals surface area contributed by atoms with E-state index in [1.165, 1.54) is 23.6 Å². The van der Waals surface area contributed by atoms with E-state index in [1.54, 1.807) is 6.92 Å². The molecule has 1 amide bonds. The smallest absolute Gasteiger partial charge is 0.335 e. The third-order valence-corrected chi connectivity index (χ3v) is 7.71. The number of rotatable bonds is 5. The Morgan fingerprint density at radius 2 is 1.58 bits per heavy atom. The standard InChI is InChI=1S/C25H33F3N4O/c1-16-23-20(25(26,27)28)14-21(17-12-13-17)29-24(23)31(30-16)15-22(33)32(18-8-4-2-5-9-18)19-10-6-3-7-11-19/h14,17-19H,2-13,15H2,1H3. The van der Waals surface area contributed by atoms with Crippen molar-refractivity contribution in [2.45, 2.75) is 115 Å². The molecule has 3 aliphatic rings. The zero-order valence-corrected chi connectivity index (χ0v) is 19.3. The average Bonchev–Trinajstić information content (AvgIpc) is 3.60. The van der Waals surface area contributed by atoms with Crippen LogP contribution in [-0.4, -0.2) is 37.7 Å². The van der Waals surface area contributed by atoms with Crippen molar-refractivity contribution < 1.29 is 18.0 Å². The first-order valence-electron chi connectivity index (χ1n) is 12.6. The maximum atomic E-state index is 13.9. The van der Waals surface area contributed by atoms with Gasteiger partial charge in [-0.3, -0.25) is 4.79 Å². The van der Waals surface area contributed by atoms with E-state index in [-0.39, 0.29) is 47.2 Å². The van der Waals surface area contributed by atoms with Gasteiger partial charge in [0.05, 0.1) is 16.6 Å². The molecule has 5 rings (SSSR count). The number of amides is 1. The van der Waals surface area contributed by atoms with Crippen LogP contribution in [0.2, 0.25) is 0 Å². The molecule has 0 N–H and O–H groups in total. The van der Waals surface area contributed by atoms with Gasteiger partial charge in [0.15, 0.2) is 5.65 Å². The summed E-state index contributed by atoms with van der Waals surface area (Å²) in [5.74, 6) is 0.0567. The molecule has 2 aromatic rings. The fourth-order valence-electron chi connectivity index (χ4n) is 5.93. The zero-order chi connectivity index (χ0) is 23.2. The number of carbonyl (C=O) groups is 1. The number of aromatic nitrogens is 3. The summed E-state index contributed by atoms with van der Waals surface area (Å²) >= 11 is 0. The van der Waals surface area contributed by atoms with Gasteiger partial charge in [-0.2, -0.15) is 18.3 Å². The van der Waals surface area contributed by atoms with Gasteiger partial charge in [0.2, 0.25) is 5.91 Å². The Balaban J connectivity index is 1.50. The first-order chi connectivity index (χ1) is 15.8. The normalized spacial score (nSPS) is 21.0. The number of fused-ring (bicyclic) bond motifs is 1. The van der Waals surface area contributed by atoms with Crippen LogP contribution >= 0.6 is 0 Å². The maximum absolute atomic E-state index is 13.9. The fraction of sp³-hybridized carbons (Fsp3) is 0.720. The molecule has 2 heterocycles. The summed E-state index contributed by atoms with van der Waals surface area (Å²) in [5, 5.41) is 4.43. The third kappa shape index (κ3) is 4.62. The van der Waals surface area contributed by atoms with Crippen molar-refractivity contribution in [1.82, 2.24) is 19.7 Å². The van der Waals surface area contributed by atoms with Crippen LogP contribution in [0.5, 0.6) is 0 Å². The van der Waals surface area contributed by atoms with Crippen molar-refractivity contribution in [2.75, 3.05) is 0 Å². The Morgan fingerprint density at radius 1 is 1.00 bits per heavy atom. The van der Waals surface area contributed by atoms with Crippen molar-refractivity contribution in [3.63, 3.8) is 0 Å². The van der Waals surface area contributed by atoms with Gasteiger partial charge in [0.1, 0.15) is 6.54 Å². The summed E-state index contributed by atoms with van der Waals surface area (Å²) in [6.07, 6.45) is 8.25. The number of aryl methyl sites for hydroxylation is 1. The minimum Gasteiger partial charge on any atom is -0.335 e. The second-order valence-corrected chi connectivity index (χ2v) is 10.2. The van der Waals surface area contributed by atoms with Crippen molar-refractivity contribution in [2.24, 2.45) is 0 Å². The minimum atomic E-state index is -4.48. The largest absolute Gasteiger partial charge is 0.417 e. The molecule has 0 unspecified atom stereocenters. The average molecular weight is 463 g/mol. The summed E-state index contributed by atoms with van der Waals surface area (Å²) in [5.41, 5.74) is 0.272. The summed E-state index contributed by atoms with van der Waals surface area (Å²) in [6, 6.07) is 1.66. The van der Waals surface area contributed by atoms with Gasteiger partial charge >= 0.3 is 6.18 Å². The number of pyridine rings is 1. The van der Waals surface area contributed by atoms with E-state index >= 15 is 0 Å². The van der Waals surface area contributed by atoms with Gasteiger partial charge in [-0.25, -0.2) is 9.67 Å². The second kappa shape index (κ2) is 8.91. The molecule has 0 aliphatic heterocycles. The Kier molecular flexibility index (Phi) is 6.12. The molecule has 3 aliphatic carbocycles. The van der Waals surface area contributed by atoms with E-state index in [0.717, 1.165) is 64.2 Å². The summed E-state index contributed by atoms with van der Waals surface area (Å²) in [4.78, 5) is 20.4. The van der Waals surface area contributed by atoms with Gasteiger partial charge in [-0.15, -0.1) is 0 Å². The van der Waals surface area contributed by atoms with Gasteiger partial charge < -0.3 is 4.90 Å². The lowest BCUT2D eigenvalue weighted by Crippen LogP contribution is -2.50. The quantitative estimate of drug-likeness (QED) is 0.537. The van der Waals surface area contributed by atoms with Crippen LogP contribution in [0.1, 0.15) is 99.9 Å². The predicted molar refractivity (Wildman–Crippen MR) is 120 cm³/mol. The lowest BCUT2D eigenvalue weighted by atomic mass is 9.88. The van der Waals surface area contributed by atoms with Gasteiger partial charge in [-0.1, -0.05) is 38.5 Å². The van der Waals surface area contributed by atoms with E-state index in [1.807, 2.05) is 0 Å². The molecule has 0 spiro atoms. The highest BCUT2D eigenvalue weighted by atomic mass is 19.4. The van der Waals surface area contributed by atoms with Crippen molar-refractivity contribution >= 4 is 16.9 Å². The summed E-state index contributed by atoms with van der Waals surface area (Å²) in [7, 11) is 0. The number of nitrogens with zero attached hydrogens (tertiary/aromatic N) is 4. The second-order valence-electron chi connectivity index (χ2n) is 10.2. The van der Waals surface area contributed by atoms with E-state index in [9.17, 15) is 18.0 Å². The molecule has 8 heteroatoms. The maximum Gasteiger partial charge on any atom is 0.417 e. The Labute approximate surface area is 192 Å². The Morgan fingerprint density at radius 3 is 2.09 bits per heavy atom. The Bertz CT molecular complexity index is 997. The van der Waals surface area contributed by atoms with Gasteiger partial charge in [0.25, 0.3) is 0 Å². The highest BCUT2D eigenvalue weighted by Gasteiger charge is 2.38. The van der Waals surface area contributed by atoms with Crippen molar-refractivity contribution in [1.29, 1.82) is 0 Å². The van der Waals surface area contributed by atoms with Gasteiger partial charge in [0, 0.05) is 23.7 Å². The number of hydrogen-bond acceptors (Lipinski definition) is 3. The van der Waals surface area contributed by atoms with E-state index in [2.05, 4.69) is 15.0 Å². The number of hydrogen-bond donors (Lipinski definition) is 0. The van der Waals surface area contributed by atoms with Crippen LogP contribution in [0.25, 0.3) is 11.0 Å². The molecule has 0 bridgehead atoms. The first kappa shape index (κ1) is 22.7. The van der Waals surface area contributed by atoms with Crippen LogP contribution in [0.3, 0.4) is 0 Å². The van der Waals surface area contributed by atoms with E-state index in [4.69, 9.17) is 0 Å². The van der Waals surface area contributed by atoms with E-state index in [0.29, 0.717) is 5.69 Å². The van der Waals surface area contributed by atoms with Crippen LogP contribution in [0.4, 0.5) is 13.2 Å². The number of alkyl halides is 3. The monoisotopic (exact) mass is 462 g/mol. The van der Waals surface area contributed by atoms with Crippen molar-refractivity contribution in [3.8, 4) is 0 Å². The minimum absolute atomic E-state index is 0.0228. The first-order valence-corrected chi connectivity index (χ1v) is 12.6. The number of carbonyl (C=O) groups excluding carboxylic acids is 1. The molecule has 33 heavy (non-hydrogen) atoms. The zero-order valence-electron chi connectivity index (χ0n) is 19.3. The van der Waals surface area contributed by atoms with E-state index < -0.39 is 11.7 Å². The summed E-state index contributed by atoms with van der Waals surface area (Å²) in [6.45, 7) is 1.53. The number of halogens is 3. The molecule has 0 atom stereocenters. The van der Waals surface area contributed by atoms with Crippen LogP contribution in [0, 0.1) is 6.92 Å². The molecule has 0 aromatic carbocycles. The van der Waals surface area contributed by atoms with Crippen LogP contribution in [-0.2, 0) is 17.5 Å². The molecule has 180 valence electrons. The lowest BCUT2D eigenvalue weighted by Gasteiger charge is -2.41. The molecule has 0 radical (unpaired) electrons. The molecule has 0 saturated heterocycles. The van der Waals surface area contributed by atoms with Crippen LogP contribution in [0.15, 0.2) is 6.07 Å². The fourth-order valence-corrected chi connectivity index (χ4v) is 5.93. The highest BCUT2D eigenvalue weighted by Crippen LogP contribution is 2.43. The van der Waals surface area contributed by atoms with Gasteiger partial charge in [-0.05, 0) is 51.5 Å². The molecule has 2 aromatic heterocycles. The van der Waals surface area contributed by atoms with Crippen LogP contribution < -0.4 is 0 Å². The molecule has 5 nitrogen and oxygen atoms in total. The molecular weight excluding hydrogens is 429 g/mol. The highest BCUT2D eigenvalue weighted by molar-refractivity contribution is 5.85.